The highest BCUT2D eigenvalue weighted by atomic mass is 32.2. The maximum atomic E-state index is 3.49. The smallest absolute Gasteiger partial charge is 0.00489 e. The lowest BCUT2D eigenvalue weighted by Crippen LogP contribution is -2.16. The van der Waals surface area contributed by atoms with Gasteiger partial charge in [-0.3, -0.25) is 0 Å². The molecule has 0 bridgehead atoms. The summed E-state index contributed by atoms with van der Waals surface area (Å²) in [6.07, 6.45) is 10.4. The molecule has 0 heterocycles. The number of hydrogen-bond donors (Lipinski definition) is 1. The summed E-state index contributed by atoms with van der Waals surface area (Å²) < 4.78 is 0. The molecule has 0 radical (unpaired) electrons. The highest BCUT2D eigenvalue weighted by Gasteiger charge is 1.89. The van der Waals surface area contributed by atoms with Gasteiger partial charge in [0.05, 0.1) is 0 Å². The molecule has 0 aromatic carbocycles. The first-order valence-electron chi connectivity index (χ1n) is 5.61. The van der Waals surface area contributed by atoms with Gasteiger partial charge < -0.3 is 5.32 Å². The van der Waals surface area contributed by atoms with Crippen molar-refractivity contribution in [3.63, 3.8) is 0 Å². The van der Waals surface area contributed by atoms with Crippen LogP contribution < -0.4 is 5.32 Å². The summed E-state index contributed by atoms with van der Waals surface area (Å²) in [6.45, 7) is 4.69. The molecule has 0 rings (SSSR count). The normalized spacial score (nSPS) is 10.6. The minimum absolute atomic E-state index is 1.22. The first kappa shape index (κ1) is 13.3. The van der Waals surface area contributed by atoms with E-state index in [-0.39, 0.29) is 0 Å². The van der Waals surface area contributed by atoms with E-state index in [1.165, 1.54) is 57.4 Å². The molecule has 0 amide bonds. The summed E-state index contributed by atoms with van der Waals surface area (Å²) in [6, 6.07) is 0. The van der Waals surface area contributed by atoms with Gasteiger partial charge in [0.25, 0.3) is 0 Å². The second kappa shape index (κ2) is 12.3. The summed E-state index contributed by atoms with van der Waals surface area (Å²) in [4.78, 5) is 0. The van der Waals surface area contributed by atoms with Gasteiger partial charge in [-0.15, -0.1) is 0 Å². The number of unbranched alkanes of at least 4 members (excludes halogenated alkanes) is 4. The zero-order valence-corrected chi connectivity index (χ0v) is 10.1. The molecule has 0 unspecified atom stereocenters. The van der Waals surface area contributed by atoms with Crippen molar-refractivity contribution in [3.8, 4) is 0 Å². The van der Waals surface area contributed by atoms with Crippen LogP contribution in [0.4, 0.5) is 0 Å². The third-order valence-corrected chi connectivity index (χ3v) is 2.86. The summed E-state index contributed by atoms with van der Waals surface area (Å²) in [5, 5.41) is 3.49. The lowest BCUT2D eigenvalue weighted by molar-refractivity contribution is 0.584. The van der Waals surface area contributed by atoms with Gasteiger partial charge in [0.1, 0.15) is 0 Å². The topological polar surface area (TPSA) is 12.0 Å². The number of rotatable bonds is 10. The summed E-state index contributed by atoms with van der Waals surface area (Å²) in [5.41, 5.74) is 0. The SMILES string of the molecule is CCCCCNCCCCCSC. The zero-order chi connectivity index (χ0) is 9.78. The fraction of sp³-hybridized carbons (Fsp3) is 1.00. The van der Waals surface area contributed by atoms with Crippen LogP contribution in [-0.2, 0) is 0 Å². The van der Waals surface area contributed by atoms with Gasteiger partial charge in [0.15, 0.2) is 0 Å². The van der Waals surface area contributed by atoms with Crippen LogP contribution in [0.15, 0.2) is 0 Å². The van der Waals surface area contributed by atoms with E-state index in [0.717, 1.165) is 0 Å². The van der Waals surface area contributed by atoms with Crippen molar-refractivity contribution in [1.82, 2.24) is 5.32 Å². The van der Waals surface area contributed by atoms with Gasteiger partial charge in [0, 0.05) is 0 Å². The quantitative estimate of drug-likeness (QED) is 0.547. The van der Waals surface area contributed by atoms with E-state index in [1.807, 2.05) is 11.8 Å². The Balaban J connectivity index is 2.76. The molecule has 0 atom stereocenters. The van der Waals surface area contributed by atoms with Crippen LogP contribution in [0.25, 0.3) is 0 Å². The van der Waals surface area contributed by atoms with Crippen LogP contribution >= 0.6 is 11.8 Å². The largest absolute Gasteiger partial charge is 0.317 e. The van der Waals surface area contributed by atoms with Crippen LogP contribution in [0.5, 0.6) is 0 Å². The molecule has 0 aliphatic rings. The van der Waals surface area contributed by atoms with Crippen molar-refractivity contribution < 1.29 is 0 Å². The van der Waals surface area contributed by atoms with E-state index in [2.05, 4.69) is 18.5 Å². The highest BCUT2D eigenvalue weighted by molar-refractivity contribution is 7.98. The molecule has 0 aromatic heterocycles. The Labute approximate surface area is 88.1 Å². The fourth-order valence-electron chi connectivity index (χ4n) is 1.30. The van der Waals surface area contributed by atoms with Gasteiger partial charge in [0.2, 0.25) is 0 Å². The van der Waals surface area contributed by atoms with Crippen LogP contribution in [0.2, 0.25) is 0 Å². The van der Waals surface area contributed by atoms with Gasteiger partial charge in [-0.1, -0.05) is 26.2 Å². The third-order valence-electron chi connectivity index (χ3n) is 2.16. The Morgan fingerprint density at radius 3 is 2.23 bits per heavy atom. The first-order chi connectivity index (χ1) is 6.41. The maximum absolute atomic E-state index is 3.49. The molecule has 1 N–H and O–H groups in total. The van der Waals surface area contributed by atoms with Crippen molar-refractivity contribution >= 4 is 11.8 Å². The summed E-state index contributed by atoms with van der Waals surface area (Å²) in [5.74, 6) is 1.33. The Hall–Kier alpha value is 0.310. The average Bonchev–Trinajstić information content (AvgIpc) is 2.16. The maximum Gasteiger partial charge on any atom is -0.00489 e. The van der Waals surface area contributed by atoms with E-state index in [1.54, 1.807) is 0 Å². The lowest BCUT2D eigenvalue weighted by Gasteiger charge is -2.03. The molecule has 0 aliphatic heterocycles. The van der Waals surface area contributed by atoms with Crippen molar-refractivity contribution in [3.05, 3.63) is 0 Å². The molecule has 0 saturated carbocycles. The number of thioether (sulfide) groups is 1. The van der Waals surface area contributed by atoms with Gasteiger partial charge in [-0.25, -0.2) is 0 Å². The first-order valence-corrected chi connectivity index (χ1v) is 7.00. The Bertz CT molecular complexity index is 76.2. The summed E-state index contributed by atoms with van der Waals surface area (Å²) >= 11 is 1.96. The molecule has 80 valence electrons. The predicted molar refractivity (Wildman–Crippen MR) is 64.6 cm³/mol. The van der Waals surface area contributed by atoms with Gasteiger partial charge in [-0.2, -0.15) is 11.8 Å². The average molecular weight is 203 g/mol. The van der Waals surface area contributed by atoms with Gasteiger partial charge in [-0.05, 0) is 44.4 Å². The van der Waals surface area contributed by atoms with E-state index in [0.29, 0.717) is 0 Å². The fourth-order valence-corrected chi connectivity index (χ4v) is 1.79. The Morgan fingerprint density at radius 2 is 1.62 bits per heavy atom. The molecule has 1 nitrogen and oxygen atoms in total. The van der Waals surface area contributed by atoms with Crippen LogP contribution in [-0.4, -0.2) is 25.1 Å². The minimum atomic E-state index is 1.22. The van der Waals surface area contributed by atoms with E-state index in [9.17, 15) is 0 Å². The van der Waals surface area contributed by atoms with Crippen molar-refractivity contribution in [2.24, 2.45) is 0 Å². The number of nitrogens with one attached hydrogen (secondary N) is 1. The van der Waals surface area contributed by atoms with Crippen LogP contribution in [0, 0.1) is 0 Å². The van der Waals surface area contributed by atoms with Crippen molar-refractivity contribution in [2.75, 3.05) is 25.1 Å². The predicted octanol–water partition coefficient (Wildman–Crippen LogP) is 3.30. The molecule has 2 heteroatoms. The standard InChI is InChI=1S/C11H25NS/c1-3-4-6-9-12-10-7-5-8-11-13-2/h12H,3-11H2,1-2H3. The Morgan fingerprint density at radius 1 is 0.923 bits per heavy atom. The van der Waals surface area contributed by atoms with Crippen molar-refractivity contribution in [1.29, 1.82) is 0 Å². The zero-order valence-electron chi connectivity index (χ0n) is 9.27. The van der Waals surface area contributed by atoms with Crippen LogP contribution in [0.1, 0.15) is 45.4 Å². The monoisotopic (exact) mass is 203 g/mol. The van der Waals surface area contributed by atoms with Crippen LogP contribution in [0.3, 0.4) is 0 Å². The second-order valence-electron chi connectivity index (χ2n) is 3.51. The second-order valence-corrected chi connectivity index (χ2v) is 4.50. The molecule has 0 aliphatic carbocycles. The number of hydrogen-bond acceptors (Lipinski definition) is 2. The molecular weight excluding hydrogens is 178 g/mol. The van der Waals surface area contributed by atoms with Gasteiger partial charge >= 0.3 is 0 Å². The van der Waals surface area contributed by atoms with E-state index >= 15 is 0 Å². The molecule has 0 saturated heterocycles. The highest BCUT2D eigenvalue weighted by Crippen LogP contribution is 2.01. The minimum Gasteiger partial charge on any atom is -0.317 e. The molecule has 0 spiro atoms. The van der Waals surface area contributed by atoms with E-state index < -0.39 is 0 Å². The third kappa shape index (κ3) is 12.3. The van der Waals surface area contributed by atoms with E-state index in [4.69, 9.17) is 0 Å². The lowest BCUT2D eigenvalue weighted by atomic mass is 10.2. The Kier molecular flexibility index (Phi) is 12.6. The molecular formula is C11H25NS. The molecule has 0 aromatic rings. The molecule has 0 fully saturated rings. The summed E-state index contributed by atoms with van der Waals surface area (Å²) in [7, 11) is 0. The van der Waals surface area contributed by atoms with Crippen molar-refractivity contribution in [2.45, 2.75) is 45.4 Å². The molecule has 13 heavy (non-hydrogen) atoms.